The van der Waals surface area contributed by atoms with Crippen LogP contribution in [0.2, 0.25) is 0 Å². The van der Waals surface area contributed by atoms with Crippen LogP contribution in [0.3, 0.4) is 0 Å². The van der Waals surface area contributed by atoms with Gasteiger partial charge in [0.05, 0.1) is 30.8 Å². The largest absolute Gasteiger partial charge is 0.462 e. The molecule has 3 aromatic rings. The number of urea groups is 1. The van der Waals surface area contributed by atoms with Gasteiger partial charge in [0.15, 0.2) is 0 Å². The summed E-state index contributed by atoms with van der Waals surface area (Å²) in [5.41, 5.74) is 2.32. The molecular formula is C26H25N3O5S. The Morgan fingerprint density at radius 2 is 1.74 bits per heavy atom. The van der Waals surface area contributed by atoms with Crippen molar-refractivity contribution in [2.24, 2.45) is 0 Å². The number of esters is 1. The summed E-state index contributed by atoms with van der Waals surface area (Å²) in [4.78, 5) is 54.8. The molecule has 1 saturated heterocycles. The van der Waals surface area contributed by atoms with Crippen molar-refractivity contribution in [2.75, 3.05) is 16.8 Å². The van der Waals surface area contributed by atoms with Gasteiger partial charge in [0.1, 0.15) is 6.04 Å². The molecule has 2 aromatic carbocycles. The Bertz CT molecular complexity index is 1220. The molecule has 4 rings (SSSR count). The van der Waals surface area contributed by atoms with Crippen molar-refractivity contribution in [1.82, 2.24) is 4.90 Å². The Hall–Kier alpha value is -3.98. The Labute approximate surface area is 207 Å². The number of amides is 4. The highest BCUT2D eigenvalue weighted by Crippen LogP contribution is 2.29. The third kappa shape index (κ3) is 5.41. The van der Waals surface area contributed by atoms with Crippen LogP contribution < -0.4 is 10.2 Å². The zero-order valence-corrected chi connectivity index (χ0v) is 20.2. The highest BCUT2D eigenvalue weighted by atomic mass is 32.1. The van der Waals surface area contributed by atoms with Gasteiger partial charge in [-0.05, 0) is 61.7 Å². The minimum atomic E-state index is -0.940. The summed E-state index contributed by atoms with van der Waals surface area (Å²) in [5, 5.41) is 4.65. The van der Waals surface area contributed by atoms with Gasteiger partial charge in [0, 0.05) is 10.6 Å². The van der Waals surface area contributed by atoms with E-state index in [0.717, 1.165) is 15.3 Å². The fraction of sp³-hybridized carbons (Fsp3) is 0.231. The summed E-state index contributed by atoms with van der Waals surface area (Å²) >= 11 is 1.48. The zero-order valence-electron chi connectivity index (χ0n) is 19.4. The Morgan fingerprint density at radius 1 is 1.03 bits per heavy atom. The van der Waals surface area contributed by atoms with Gasteiger partial charge in [-0.2, -0.15) is 0 Å². The topological polar surface area (TPSA) is 96.0 Å². The van der Waals surface area contributed by atoms with Crippen LogP contribution in [-0.4, -0.2) is 41.4 Å². The molecule has 0 unspecified atom stereocenters. The van der Waals surface area contributed by atoms with Gasteiger partial charge in [-0.25, -0.2) is 14.5 Å². The number of ether oxygens (including phenoxy) is 1. The number of aryl methyl sites for hydroxylation is 1. The van der Waals surface area contributed by atoms with E-state index in [2.05, 4.69) is 5.32 Å². The summed E-state index contributed by atoms with van der Waals surface area (Å²) in [6.45, 7) is 4.15. The maximum absolute atomic E-state index is 13.3. The van der Waals surface area contributed by atoms with Gasteiger partial charge >= 0.3 is 12.0 Å². The number of thiophene rings is 1. The van der Waals surface area contributed by atoms with E-state index in [1.807, 2.05) is 36.6 Å². The van der Waals surface area contributed by atoms with E-state index >= 15 is 0 Å². The highest BCUT2D eigenvalue weighted by Gasteiger charge is 2.46. The van der Waals surface area contributed by atoms with Gasteiger partial charge < -0.3 is 15.0 Å². The van der Waals surface area contributed by atoms with Gasteiger partial charge in [0.25, 0.3) is 5.91 Å². The van der Waals surface area contributed by atoms with Crippen molar-refractivity contribution in [3.05, 3.63) is 82.0 Å². The second kappa shape index (κ2) is 10.5. The quantitative estimate of drug-likeness (QED) is 0.367. The van der Waals surface area contributed by atoms with Crippen molar-refractivity contribution in [1.29, 1.82) is 0 Å². The molecule has 0 radical (unpaired) electrons. The van der Waals surface area contributed by atoms with E-state index < -0.39 is 29.9 Å². The lowest BCUT2D eigenvalue weighted by Gasteiger charge is -2.21. The summed E-state index contributed by atoms with van der Waals surface area (Å²) in [6, 6.07) is 15.8. The molecule has 0 aliphatic carbocycles. The van der Waals surface area contributed by atoms with Crippen LogP contribution in [0.4, 0.5) is 16.2 Å². The first kappa shape index (κ1) is 24.2. The number of hydrogen-bond acceptors (Lipinski definition) is 6. The molecule has 0 spiro atoms. The predicted octanol–water partition coefficient (Wildman–Crippen LogP) is 4.60. The lowest BCUT2D eigenvalue weighted by molar-refractivity contribution is -0.124. The lowest BCUT2D eigenvalue weighted by Crippen LogP contribution is -2.37. The summed E-state index contributed by atoms with van der Waals surface area (Å²) < 4.78 is 4.96. The minimum Gasteiger partial charge on any atom is -0.462 e. The molecule has 0 saturated carbocycles. The SMILES string of the molecule is CCOC(=O)c1ccc(NC(=O)C[C@H]2C(=O)N(c3ccc(C)cc3)C(=O)N2Cc2cccs2)cc1. The summed E-state index contributed by atoms with van der Waals surface area (Å²) in [6.07, 6.45) is -0.196. The molecule has 180 valence electrons. The lowest BCUT2D eigenvalue weighted by atomic mass is 10.1. The molecule has 0 bridgehead atoms. The molecular weight excluding hydrogens is 466 g/mol. The van der Waals surface area contributed by atoms with E-state index in [4.69, 9.17) is 4.74 Å². The second-order valence-electron chi connectivity index (χ2n) is 8.06. The fourth-order valence-corrected chi connectivity index (χ4v) is 4.51. The van der Waals surface area contributed by atoms with Crippen molar-refractivity contribution >= 4 is 46.5 Å². The van der Waals surface area contributed by atoms with Crippen molar-refractivity contribution in [2.45, 2.75) is 32.9 Å². The Kier molecular flexibility index (Phi) is 7.26. The summed E-state index contributed by atoms with van der Waals surface area (Å²) in [7, 11) is 0. The first-order valence-corrected chi connectivity index (χ1v) is 12.1. The molecule has 1 aliphatic rings. The van der Waals surface area contributed by atoms with Crippen LogP contribution in [0.5, 0.6) is 0 Å². The first-order valence-electron chi connectivity index (χ1n) is 11.2. The summed E-state index contributed by atoms with van der Waals surface area (Å²) in [5.74, 6) is -1.30. The molecule has 35 heavy (non-hydrogen) atoms. The number of rotatable bonds is 8. The highest BCUT2D eigenvalue weighted by molar-refractivity contribution is 7.09. The number of hydrogen-bond donors (Lipinski definition) is 1. The molecule has 9 heteroatoms. The van der Waals surface area contributed by atoms with Crippen LogP contribution in [0, 0.1) is 6.92 Å². The minimum absolute atomic E-state index is 0.196. The molecule has 8 nitrogen and oxygen atoms in total. The van der Waals surface area contributed by atoms with Crippen molar-refractivity contribution in [3.63, 3.8) is 0 Å². The zero-order chi connectivity index (χ0) is 24.9. The average Bonchev–Trinajstić information content (AvgIpc) is 3.43. The normalized spacial score (nSPS) is 15.4. The third-order valence-electron chi connectivity index (χ3n) is 5.58. The van der Waals surface area contributed by atoms with Crippen LogP contribution in [0.1, 0.15) is 34.1 Å². The average molecular weight is 492 g/mol. The maximum atomic E-state index is 13.3. The Morgan fingerprint density at radius 3 is 2.37 bits per heavy atom. The fourth-order valence-electron chi connectivity index (χ4n) is 3.81. The second-order valence-corrected chi connectivity index (χ2v) is 9.10. The maximum Gasteiger partial charge on any atom is 0.338 e. The molecule has 1 aliphatic heterocycles. The number of nitrogens with zero attached hydrogens (tertiary/aromatic N) is 2. The first-order chi connectivity index (χ1) is 16.9. The van der Waals surface area contributed by atoms with E-state index in [1.165, 1.54) is 16.2 Å². The van der Waals surface area contributed by atoms with Crippen molar-refractivity contribution in [3.8, 4) is 0 Å². The van der Waals surface area contributed by atoms with Crippen LogP contribution in [-0.2, 0) is 20.9 Å². The van der Waals surface area contributed by atoms with E-state index in [0.29, 0.717) is 16.9 Å². The van der Waals surface area contributed by atoms with Gasteiger partial charge in [-0.15, -0.1) is 11.3 Å². The number of nitrogens with one attached hydrogen (secondary N) is 1. The van der Waals surface area contributed by atoms with E-state index in [1.54, 1.807) is 43.3 Å². The number of benzene rings is 2. The van der Waals surface area contributed by atoms with Crippen LogP contribution in [0.25, 0.3) is 0 Å². The molecule has 1 aromatic heterocycles. The third-order valence-corrected chi connectivity index (χ3v) is 6.44. The number of anilines is 2. The number of carbonyl (C=O) groups excluding carboxylic acids is 4. The van der Waals surface area contributed by atoms with Crippen LogP contribution >= 0.6 is 11.3 Å². The van der Waals surface area contributed by atoms with Gasteiger partial charge in [0.2, 0.25) is 5.91 Å². The smallest absolute Gasteiger partial charge is 0.338 e. The molecule has 1 atom stereocenters. The van der Waals surface area contributed by atoms with Gasteiger partial charge in [-0.3, -0.25) is 9.59 Å². The molecule has 1 N–H and O–H groups in total. The molecule has 2 heterocycles. The van der Waals surface area contributed by atoms with Crippen molar-refractivity contribution < 1.29 is 23.9 Å². The standard InChI is InChI=1S/C26H25N3O5S/c1-3-34-25(32)18-8-10-19(11-9-18)27-23(30)15-22-24(31)29(20-12-6-17(2)7-13-20)26(33)28(22)16-21-5-4-14-35-21/h4-14,22H,3,15-16H2,1-2H3,(H,27,30)/t22-/m0/s1. The molecule has 4 amide bonds. The Balaban J connectivity index is 1.51. The van der Waals surface area contributed by atoms with E-state index in [9.17, 15) is 19.2 Å². The molecule has 1 fully saturated rings. The monoisotopic (exact) mass is 491 g/mol. The number of imide groups is 1. The predicted molar refractivity (Wildman–Crippen MR) is 133 cm³/mol. The van der Waals surface area contributed by atoms with Gasteiger partial charge in [-0.1, -0.05) is 23.8 Å². The number of carbonyl (C=O) groups is 4. The van der Waals surface area contributed by atoms with E-state index in [-0.39, 0.29) is 19.6 Å². The van der Waals surface area contributed by atoms with Crippen LogP contribution in [0.15, 0.2) is 66.0 Å².